The first-order valence-electron chi connectivity index (χ1n) is 6.99. The number of hydrogen-bond acceptors (Lipinski definition) is 4. The van der Waals surface area contributed by atoms with Crippen LogP contribution in [-0.2, 0) is 9.59 Å². The van der Waals surface area contributed by atoms with Crippen LogP contribution in [0.1, 0.15) is 16.8 Å². The van der Waals surface area contributed by atoms with Gasteiger partial charge in [0.1, 0.15) is 11.3 Å². The van der Waals surface area contributed by atoms with Gasteiger partial charge in [-0.1, -0.05) is 30.3 Å². The lowest BCUT2D eigenvalue weighted by Gasteiger charge is -2.16. The molecule has 0 radical (unpaired) electrons. The summed E-state index contributed by atoms with van der Waals surface area (Å²) in [6.07, 6.45) is -1.15. The van der Waals surface area contributed by atoms with E-state index >= 15 is 0 Å². The van der Waals surface area contributed by atoms with Gasteiger partial charge in [0.05, 0.1) is 12.1 Å². The molecule has 1 aliphatic heterocycles. The first-order chi connectivity index (χ1) is 11.1. The van der Waals surface area contributed by atoms with Gasteiger partial charge in [-0.2, -0.15) is 0 Å². The first-order valence-corrected chi connectivity index (χ1v) is 6.99. The topological polar surface area (TPSA) is 83.9 Å². The fraction of sp³-hybridized carbons (Fsp3) is 0.118. The number of benzene rings is 2. The molecule has 6 nitrogen and oxygen atoms in total. The number of nitrogens with zero attached hydrogens (tertiary/aromatic N) is 1. The van der Waals surface area contributed by atoms with E-state index in [1.165, 1.54) is 12.1 Å². The maximum absolute atomic E-state index is 12.4. The van der Waals surface area contributed by atoms with Crippen LogP contribution < -0.4 is 9.64 Å². The highest BCUT2D eigenvalue weighted by Crippen LogP contribution is 2.27. The number of aromatic carboxylic acids is 1. The minimum absolute atomic E-state index is 0.0501. The van der Waals surface area contributed by atoms with Gasteiger partial charge in [0.15, 0.2) is 6.10 Å². The molecular formula is C17H13NO5. The molecule has 3 rings (SSSR count). The number of amides is 2. The largest absolute Gasteiger partial charge is 0.479 e. The Morgan fingerprint density at radius 3 is 2.39 bits per heavy atom. The number of carboxylic acids is 1. The molecule has 2 aromatic carbocycles. The van der Waals surface area contributed by atoms with Crippen molar-refractivity contribution in [3.63, 3.8) is 0 Å². The summed E-state index contributed by atoms with van der Waals surface area (Å²) in [6, 6.07) is 14.6. The molecule has 1 heterocycles. The van der Waals surface area contributed by atoms with Gasteiger partial charge in [0.2, 0.25) is 5.91 Å². The molecule has 2 amide bonds. The van der Waals surface area contributed by atoms with E-state index in [2.05, 4.69) is 0 Å². The minimum atomic E-state index is -1.16. The molecule has 0 aliphatic carbocycles. The van der Waals surface area contributed by atoms with Crippen LogP contribution in [-0.4, -0.2) is 29.0 Å². The van der Waals surface area contributed by atoms with Gasteiger partial charge < -0.3 is 9.84 Å². The van der Waals surface area contributed by atoms with Gasteiger partial charge >= 0.3 is 5.97 Å². The second-order valence-corrected chi connectivity index (χ2v) is 5.01. The molecular weight excluding hydrogens is 298 g/mol. The fourth-order valence-corrected chi connectivity index (χ4v) is 2.44. The Labute approximate surface area is 131 Å². The van der Waals surface area contributed by atoms with E-state index in [-0.39, 0.29) is 23.6 Å². The second kappa shape index (κ2) is 5.92. The van der Waals surface area contributed by atoms with Gasteiger partial charge in [-0.15, -0.1) is 0 Å². The van der Waals surface area contributed by atoms with Crippen LogP contribution in [0.5, 0.6) is 5.75 Å². The molecule has 116 valence electrons. The third-order valence-electron chi connectivity index (χ3n) is 3.51. The monoisotopic (exact) mass is 311 g/mol. The van der Waals surface area contributed by atoms with Crippen molar-refractivity contribution in [1.82, 2.24) is 0 Å². The van der Waals surface area contributed by atoms with E-state index in [0.717, 1.165) is 4.90 Å². The lowest BCUT2D eigenvalue weighted by molar-refractivity contribution is -0.123. The molecule has 1 saturated heterocycles. The highest BCUT2D eigenvalue weighted by atomic mass is 16.5. The van der Waals surface area contributed by atoms with E-state index in [1.807, 2.05) is 0 Å². The molecule has 1 aliphatic rings. The van der Waals surface area contributed by atoms with Crippen molar-refractivity contribution in [2.75, 3.05) is 4.90 Å². The number of hydrogen-bond donors (Lipinski definition) is 1. The lowest BCUT2D eigenvalue weighted by Crippen LogP contribution is -2.34. The van der Waals surface area contributed by atoms with Crippen LogP contribution in [0.2, 0.25) is 0 Å². The summed E-state index contributed by atoms with van der Waals surface area (Å²) in [5, 5.41) is 9.15. The Morgan fingerprint density at radius 1 is 1.04 bits per heavy atom. The highest BCUT2D eigenvalue weighted by molar-refractivity contribution is 6.22. The molecule has 23 heavy (non-hydrogen) atoms. The van der Waals surface area contributed by atoms with Crippen molar-refractivity contribution in [3.05, 3.63) is 60.2 Å². The average Bonchev–Trinajstić information content (AvgIpc) is 2.82. The molecule has 1 unspecified atom stereocenters. The predicted molar refractivity (Wildman–Crippen MR) is 81.4 cm³/mol. The highest BCUT2D eigenvalue weighted by Gasteiger charge is 2.41. The lowest BCUT2D eigenvalue weighted by atomic mass is 10.2. The number of imide groups is 1. The predicted octanol–water partition coefficient (Wildman–Crippen LogP) is 2.10. The summed E-state index contributed by atoms with van der Waals surface area (Å²) in [7, 11) is 0. The van der Waals surface area contributed by atoms with E-state index in [4.69, 9.17) is 9.84 Å². The van der Waals surface area contributed by atoms with Gasteiger partial charge in [-0.05, 0) is 24.3 Å². The van der Waals surface area contributed by atoms with Crippen molar-refractivity contribution >= 4 is 23.5 Å². The normalized spacial score (nSPS) is 17.4. The van der Waals surface area contributed by atoms with Crippen LogP contribution in [0.4, 0.5) is 5.69 Å². The van der Waals surface area contributed by atoms with E-state index in [9.17, 15) is 14.4 Å². The van der Waals surface area contributed by atoms with E-state index < -0.39 is 18.0 Å². The van der Waals surface area contributed by atoms with Crippen LogP contribution in [0.25, 0.3) is 0 Å². The molecule has 0 saturated carbocycles. The van der Waals surface area contributed by atoms with E-state index in [0.29, 0.717) is 5.69 Å². The van der Waals surface area contributed by atoms with E-state index in [1.54, 1.807) is 42.5 Å². The van der Waals surface area contributed by atoms with Gasteiger partial charge in [0.25, 0.3) is 5.91 Å². The van der Waals surface area contributed by atoms with Crippen molar-refractivity contribution in [1.29, 1.82) is 0 Å². The molecule has 0 bridgehead atoms. The van der Waals surface area contributed by atoms with Crippen LogP contribution in [0, 0.1) is 0 Å². The standard InChI is InChI=1S/C17H13NO5/c19-15-10-14(16(20)18(15)11-6-2-1-3-7-11)23-13-9-5-4-8-12(13)17(21)22/h1-9,14H,10H2,(H,21,22). The quantitative estimate of drug-likeness (QED) is 0.874. The smallest absolute Gasteiger partial charge is 0.339 e. The molecule has 1 atom stereocenters. The molecule has 6 heteroatoms. The second-order valence-electron chi connectivity index (χ2n) is 5.01. The minimum Gasteiger partial charge on any atom is -0.479 e. The number of anilines is 1. The Hall–Kier alpha value is -3.15. The van der Waals surface area contributed by atoms with Crippen LogP contribution in [0.15, 0.2) is 54.6 Å². The SMILES string of the molecule is O=C(O)c1ccccc1OC1CC(=O)N(c2ccccc2)C1=O. The molecule has 1 fully saturated rings. The zero-order chi connectivity index (χ0) is 16.4. The summed E-state index contributed by atoms with van der Waals surface area (Å²) in [4.78, 5) is 36.8. The van der Waals surface area contributed by atoms with Crippen molar-refractivity contribution in [2.45, 2.75) is 12.5 Å². The first kappa shape index (κ1) is 14.8. The average molecular weight is 311 g/mol. The molecule has 0 spiro atoms. The van der Waals surface area contributed by atoms with Crippen molar-refractivity contribution < 1.29 is 24.2 Å². The van der Waals surface area contributed by atoms with Crippen molar-refractivity contribution in [3.8, 4) is 5.75 Å². The Bertz CT molecular complexity index is 772. The molecule has 1 N–H and O–H groups in total. The summed E-state index contributed by atoms with van der Waals surface area (Å²) >= 11 is 0. The Morgan fingerprint density at radius 2 is 1.70 bits per heavy atom. The van der Waals surface area contributed by atoms with Gasteiger partial charge in [0, 0.05) is 0 Å². The number of ether oxygens (including phenoxy) is 1. The maximum Gasteiger partial charge on any atom is 0.339 e. The number of carbonyl (C=O) groups excluding carboxylic acids is 2. The van der Waals surface area contributed by atoms with Crippen LogP contribution in [0.3, 0.4) is 0 Å². The third kappa shape index (κ3) is 2.78. The van der Waals surface area contributed by atoms with Crippen LogP contribution >= 0.6 is 0 Å². The van der Waals surface area contributed by atoms with Crippen molar-refractivity contribution in [2.24, 2.45) is 0 Å². The van der Waals surface area contributed by atoms with Gasteiger partial charge in [-0.25, -0.2) is 9.69 Å². The number of carboxylic acid groups (broad SMARTS) is 1. The molecule has 0 aromatic heterocycles. The Balaban J connectivity index is 1.85. The zero-order valence-corrected chi connectivity index (χ0v) is 12.0. The summed E-state index contributed by atoms with van der Waals surface area (Å²) < 4.78 is 5.51. The number of carbonyl (C=O) groups is 3. The molecule has 2 aromatic rings. The van der Waals surface area contributed by atoms with Gasteiger partial charge in [-0.3, -0.25) is 9.59 Å². The third-order valence-corrected chi connectivity index (χ3v) is 3.51. The zero-order valence-electron chi connectivity index (χ0n) is 12.0. The number of rotatable bonds is 4. The summed E-state index contributed by atoms with van der Waals surface area (Å²) in [6.45, 7) is 0. The Kier molecular flexibility index (Phi) is 3.80. The number of para-hydroxylation sites is 2. The fourth-order valence-electron chi connectivity index (χ4n) is 2.44. The maximum atomic E-state index is 12.4. The summed E-state index contributed by atoms with van der Waals surface area (Å²) in [5.74, 6) is -1.96. The summed E-state index contributed by atoms with van der Waals surface area (Å²) in [5.41, 5.74) is 0.422.